The first kappa shape index (κ1) is 14.3. The van der Waals surface area contributed by atoms with Gasteiger partial charge in [0.25, 0.3) is 5.91 Å². The van der Waals surface area contributed by atoms with E-state index < -0.39 is 15.7 Å². The van der Waals surface area contributed by atoms with Gasteiger partial charge in [0.05, 0.1) is 16.3 Å². The lowest BCUT2D eigenvalue weighted by molar-refractivity contribution is 0.0956. The normalized spacial score (nSPS) is 11.2. The molecule has 0 unspecified atom stereocenters. The Hall–Kier alpha value is -0.720. The van der Waals surface area contributed by atoms with E-state index in [9.17, 15) is 13.2 Å². The third kappa shape index (κ3) is 4.97. The molecule has 0 saturated heterocycles. The summed E-state index contributed by atoms with van der Waals surface area (Å²) < 4.78 is 21.8. The summed E-state index contributed by atoms with van der Waals surface area (Å²) in [5.74, 6) is -0.508. The molecule has 1 amide bonds. The van der Waals surface area contributed by atoms with Crippen LogP contribution in [0, 0.1) is 0 Å². The smallest absolute Gasteiger partial charge is 0.252 e. The molecule has 7 heteroatoms. The van der Waals surface area contributed by atoms with Gasteiger partial charge in [0.15, 0.2) is 0 Å². The highest BCUT2D eigenvalue weighted by Crippen LogP contribution is 2.19. The molecule has 1 rings (SSSR count). The maximum absolute atomic E-state index is 11.7. The van der Waals surface area contributed by atoms with E-state index in [1.54, 1.807) is 12.1 Å². The molecule has 17 heavy (non-hydrogen) atoms. The Balaban J connectivity index is 2.67. The molecule has 0 bridgehead atoms. The number of benzene rings is 1. The van der Waals surface area contributed by atoms with Crippen molar-refractivity contribution in [2.24, 2.45) is 0 Å². The number of amides is 1. The zero-order valence-electron chi connectivity index (χ0n) is 9.10. The van der Waals surface area contributed by atoms with E-state index in [2.05, 4.69) is 17.9 Å². The van der Waals surface area contributed by atoms with Crippen LogP contribution in [0.15, 0.2) is 23.1 Å². The number of hydrogen-bond acceptors (Lipinski definition) is 4. The minimum atomic E-state index is -3.08. The Morgan fingerprint density at radius 1 is 1.47 bits per heavy atom. The van der Waals surface area contributed by atoms with Gasteiger partial charge in [-0.2, -0.15) is 0 Å². The molecule has 0 aliphatic heterocycles. The van der Waals surface area contributed by atoms with Gasteiger partial charge in [-0.25, -0.2) is 8.42 Å². The lowest BCUT2D eigenvalue weighted by Gasteiger charge is -2.06. The molecule has 0 radical (unpaired) electrons. The molecule has 0 fully saturated rings. The minimum Gasteiger partial charge on any atom is -0.351 e. The number of carbonyl (C=O) groups is 1. The summed E-state index contributed by atoms with van der Waals surface area (Å²) in [5.41, 5.74) is 0.285. The highest BCUT2D eigenvalue weighted by molar-refractivity contribution is 7.90. The maximum atomic E-state index is 11.7. The Kier molecular flexibility index (Phi) is 4.85. The van der Waals surface area contributed by atoms with Gasteiger partial charge in [-0.15, -0.1) is 12.6 Å². The Morgan fingerprint density at radius 2 is 2.12 bits per heavy atom. The molecule has 0 spiro atoms. The van der Waals surface area contributed by atoms with Gasteiger partial charge in [-0.05, 0) is 18.2 Å². The average Bonchev–Trinajstić information content (AvgIpc) is 2.19. The van der Waals surface area contributed by atoms with Gasteiger partial charge < -0.3 is 5.32 Å². The average molecular weight is 294 g/mol. The predicted molar refractivity (Wildman–Crippen MR) is 70.7 cm³/mol. The zero-order valence-corrected chi connectivity index (χ0v) is 11.6. The number of halogens is 1. The van der Waals surface area contributed by atoms with Crippen LogP contribution in [0.3, 0.4) is 0 Å². The summed E-state index contributed by atoms with van der Waals surface area (Å²) in [7, 11) is -3.08. The third-order valence-electron chi connectivity index (χ3n) is 1.95. The highest BCUT2D eigenvalue weighted by Gasteiger charge is 2.11. The third-order valence-corrected chi connectivity index (χ3v) is 3.51. The van der Waals surface area contributed by atoms with Gasteiger partial charge >= 0.3 is 0 Å². The van der Waals surface area contributed by atoms with Crippen LogP contribution in [0.1, 0.15) is 10.4 Å². The maximum Gasteiger partial charge on any atom is 0.252 e. The second-order valence-electron chi connectivity index (χ2n) is 3.55. The molecule has 0 heterocycles. The molecule has 1 aromatic rings. The van der Waals surface area contributed by atoms with Crippen molar-refractivity contribution >= 4 is 40.0 Å². The molecular weight excluding hydrogens is 282 g/mol. The lowest BCUT2D eigenvalue weighted by atomic mass is 10.2. The van der Waals surface area contributed by atoms with Crippen LogP contribution in [0.25, 0.3) is 0 Å². The van der Waals surface area contributed by atoms with E-state index in [0.717, 1.165) is 6.26 Å². The summed E-state index contributed by atoms with van der Waals surface area (Å²) in [4.78, 5) is 12.3. The fourth-order valence-electron chi connectivity index (χ4n) is 1.13. The number of carbonyl (C=O) groups excluding carboxylic acids is 1. The van der Waals surface area contributed by atoms with Gasteiger partial charge in [0, 0.05) is 17.7 Å². The Labute approximate surface area is 111 Å². The van der Waals surface area contributed by atoms with Gasteiger partial charge in [0.1, 0.15) is 9.84 Å². The van der Waals surface area contributed by atoms with Crippen molar-refractivity contribution in [3.05, 3.63) is 28.8 Å². The van der Waals surface area contributed by atoms with Crippen LogP contribution >= 0.6 is 24.2 Å². The number of sulfone groups is 1. The largest absolute Gasteiger partial charge is 0.351 e. The van der Waals surface area contributed by atoms with E-state index in [-0.39, 0.29) is 17.9 Å². The van der Waals surface area contributed by atoms with Crippen molar-refractivity contribution < 1.29 is 13.2 Å². The summed E-state index contributed by atoms with van der Waals surface area (Å²) in [6, 6.07) is 4.76. The molecule has 1 aromatic carbocycles. The molecule has 4 nitrogen and oxygen atoms in total. The van der Waals surface area contributed by atoms with Crippen molar-refractivity contribution in [2.45, 2.75) is 4.90 Å². The molecular formula is C10H12ClNO3S2. The first-order valence-corrected chi connectivity index (χ1v) is 7.62. The van der Waals surface area contributed by atoms with Crippen molar-refractivity contribution in [2.75, 3.05) is 18.6 Å². The molecule has 0 aliphatic carbocycles. The van der Waals surface area contributed by atoms with Crippen LogP contribution in [-0.2, 0) is 9.84 Å². The van der Waals surface area contributed by atoms with Crippen molar-refractivity contribution in [1.29, 1.82) is 0 Å². The quantitative estimate of drug-likeness (QED) is 0.825. The van der Waals surface area contributed by atoms with Crippen molar-refractivity contribution in [1.82, 2.24) is 5.32 Å². The zero-order chi connectivity index (χ0) is 13.1. The van der Waals surface area contributed by atoms with E-state index in [1.807, 2.05) is 0 Å². The van der Waals surface area contributed by atoms with Crippen LogP contribution < -0.4 is 5.32 Å². The summed E-state index contributed by atoms with van der Waals surface area (Å²) in [6.07, 6.45) is 1.11. The summed E-state index contributed by atoms with van der Waals surface area (Å²) >= 11 is 9.95. The minimum absolute atomic E-state index is 0.0603. The van der Waals surface area contributed by atoms with Gasteiger partial charge in [-0.1, -0.05) is 11.6 Å². The monoisotopic (exact) mass is 293 g/mol. The fraction of sp³-hybridized carbons (Fsp3) is 0.300. The number of rotatable bonds is 4. The Morgan fingerprint density at radius 3 is 2.71 bits per heavy atom. The first-order chi connectivity index (χ1) is 7.79. The van der Waals surface area contributed by atoms with Crippen LogP contribution in [0.5, 0.6) is 0 Å². The molecule has 0 saturated carbocycles. The second-order valence-corrected chi connectivity index (χ2v) is 6.73. The first-order valence-electron chi connectivity index (χ1n) is 4.74. The summed E-state index contributed by atoms with van der Waals surface area (Å²) in [5, 5.41) is 2.79. The van der Waals surface area contributed by atoms with Gasteiger partial charge in [0.2, 0.25) is 0 Å². The van der Waals surface area contributed by atoms with E-state index >= 15 is 0 Å². The van der Waals surface area contributed by atoms with Gasteiger partial charge in [-0.3, -0.25) is 4.79 Å². The lowest BCUT2D eigenvalue weighted by Crippen LogP contribution is -2.29. The summed E-state index contributed by atoms with van der Waals surface area (Å²) in [6.45, 7) is 0.0603. The van der Waals surface area contributed by atoms with Crippen LogP contribution in [-0.4, -0.2) is 32.9 Å². The number of nitrogens with one attached hydrogen (secondary N) is 1. The van der Waals surface area contributed by atoms with E-state index in [0.29, 0.717) is 9.92 Å². The molecule has 0 aromatic heterocycles. The van der Waals surface area contributed by atoms with Crippen molar-refractivity contribution in [3.8, 4) is 0 Å². The van der Waals surface area contributed by atoms with E-state index in [1.165, 1.54) is 6.07 Å². The molecule has 0 aliphatic rings. The molecule has 94 valence electrons. The van der Waals surface area contributed by atoms with E-state index in [4.69, 9.17) is 11.6 Å². The molecule has 0 atom stereocenters. The van der Waals surface area contributed by atoms with Crippen LogP contribution in [0.4, 0.5) is 0 Å². The second kappa shape index (κ2) is 5.75. The predicted octanol–water partition coefficient (Wildman–Crippen LogP) is 1.40. The standard InChI is InChI=1S/C10H12ClNO3S2/c1-17(14,15)5-4-12-10(13)8-6-7(16)2-3-9(8)11/h2-3,6,16H,4-5H2,1H3,(H,12,13). The molecule has 1 N–H and O–H groups in total. The highest BCUT2D eigenvalue weighted by atomic mass is 35.5. The SMILES string of the molecule is CS(=O)(=O)CCNC(=O)c1cc(S)ccc1Cl. The Bertz CT molecular complexity index is 528. The fourth-order valence-corrected chi connectivity index (χ4v) is 2.01. The van der Waals surface area contributed by atoms with Crippen LogP contribution in [0.2, 0.25) is 5.02 Å². The number of thiol groups is 1. The van der Waals surface area contributed by atoms with Crippen molar-refractivity contribution in [3.63, 3.8) is 0 Å². The number of hydrogen-bond donors (Lipinski definition) is 2. The topological polar surface area (TPSA) is 63.2 Å².